The first-order valence-electron chi connectivity index (χ1n) is 11.8. The maximum absolute atomic E-state index is 12.7. The van der Waals surface area contributed by atoms with Gasteiger partial charge >= 0.3 is 6.03 Å². The zero-order valence-corrected chi connectivity index (χ0v) is 21.3. The highest BCUT2D eigenvalue weighted by Gasteiger charge is 2.51. The number of amides is 2. The van der Waals surface area contributed by atoms with Crippen LogP contribution in [0.1, 0.15) is 44.6 Å². The number of likely N-dealkylation sites (tertiary alicyclic amines) is 1. The van der Waals surface area contributed by atoms with Crippen molar-refractivity contribution in [2.75, 3.05) is 32.6 Å². The highest BCUT2D eigenvalue weighted by atomic mass is 79.9. The molecule has 2 N–H and O–H groups in total. The zero-order valence-electron chi connectivity index (χ0n) is 19.7. The summed E-state index contributed by atoms with van der Waals surface area (Å²) in [6.07, 6.45) is 5.19. The van der Waals surface area contributed by atoms with Gasteiger partial charge in [0.15, 0.2) is 11.5 Å². The molecule has 2 amide bonds. The number of nitrogens with zero attached hydrogens (tertiary/aromatic N) is 1. The molecule has 0 unspecified atom stereocenters. The summed E-state index contributed by atoms with van der Waals surface area (Å²) >= 11 is 3.46. The molecule has 2 aromatic carbocycles. The topological polar surface area (TPSA) is 62.8 Å². The van der Waals surface area contributed by atoms with Crippen molar-refractivity contribution in [3.63, 3.8) is 0 Å². The van der Waals surface area contributed by atoms with Crippen molar-refractivity contribution in [3.8, 4) is 11.5 Å². The number of ether oxygens (including phenoxy) is 2. The SMILES string of the molecule is CCCN1CC[C@]2(c3ccc(OC)c(OC)c3)CC[C@H](NC(=O)Nc3cccc(Br)c3)C[C@@H]12. The van der Waals surface area contributed by atoms with E-state index in [1.807, 2.05) is 30.3 Å². The third-order valence-electron chi connectivity index (χ3n) is 7.26. The average Bonchev–Trinajstić information content (AvgIpc) is 3.17. The number of rotatable bonds is 7. The Morgan fingerprint density at radius 2 is 1.97 bits per heavy atom. The second kappa shape index (κ2) is 10.3. The first-order valence-corrected chi connectivity index (χ1v) is 12.6. The van der Waals surface area contributed by atoms with Gasteiger partial charge in [0.2, 0.25) is 0 Å². The molecule has 1 heterocycles. The number of methoxy groups -OCH3 is 2. The summed E-state index contributed by atoms with van der Waals surface area (Å²) in [6, 6.07) is 14.4. The van der Waals surface area contributed by atoms with Crippen LogP contribution in [0, 0.1) is 0 Å². The summed E-state index contributed by atoms with van der Waals surface area (Å²) < 4.78 is 12.0. The highest BCUT2D eigenvalue weighted by Crippen LogP contribution is 2.50. The maximum Gasteiger partial charge on any atom is 0.319 e. The van der Waals surface area contributed by atoms with Crippen LogP contribution in [-0.2, 0) is 5.41 Å². The van der Waals surface area contributed by atoms with Gasteiger partial charge < -0.3 is 20.1 Å². The molecule has 2 fully saturated rings. The van der Waals surface area contributed by atoms with Crippen LogP contribution in [0.25, 0.3) is 0 Å². The number of halogens is 1. The lowest BCUT2D eigenvalue weighted by atomic mass is 9.65. The molecule has 178 valence electrons. The first-order chi connectivity index (χ1) is 16.0. The fraction of sp³-hybridized carbons (Fsp3) is 0.500. The summed E-state index contributed by atoms with van der Waals surface area (Å²) in [5, 5.41) is 6.21. The van der Waals surface area contributed by atoms with Gasteiger partial charge in [-0.15, -0.1) is 0 Å². The molecule has 0 bridgehead atoms. The standard InChI is InChI=1S/C26H34BrN3O3/c1-4-13-30-14-12-26(18-8-9-22(32-2)23(15-18)33-3)11-10-21(17-24(26)30)29-25(31)28-20-7-5-6-19(27)16-20/h5-9,15-16,21,24H,4,10-14,17H2,1-3H3,(H2,28,29,31)/t21-,24+,26-/m0/s1. The molecule has 2 aliphatic rings. The van der Waals surface area contributed by atoms with Crippen LogP contribution >= 0.6 is 15.9 Å². The lowest BCUT2D eigenvalue weighted by molar-refractivity contribution is 0.136. The Balaban J connectivity index is 1.52. The van der Waals surface area contributed by atoms with E-state index in [2.05, 4.69) is 50.5 Å². The molecule has 3 atom stereocenters. The number of hydrogen-bond donors (Lipinski definition) is 2. The van der Waals surface area contributed by atoms with E-state index in [1.54, 1.807) is 14.2 Å². The van der Waals surface area contributed by atoms with E-state index >= 15 is 0 Å². The third kappa shape index (κ3) is 4.99. The highest BCUT2D eigenvalue weighted by molar-refractivity contribution is 9.10. The van der Waals surface area contributed by atoms with Gasteiger partial charge in [-0.1, -0.05) is 35.0 Å². The molecule has 1 saturated carbocycles. The second-order valence-corrected chi connectivity index (χ2v) is 10.0. The Morgan fingerprint density at radius 1 is 1.15 bits per heavy atom. The molecule has 6 nitrogen and oxygen atoms in total. The predicted octanol–water partition coefficient (Wildman–Crippen LogP) is 5.56. The minimum absolute atomic E-state index is 0.0771. The monoisotopic (exact) mass is 515 g/mol. The second-order valence-electron chi connectivity index (χ2n) is 9.11. The van der Waals surface area contributed by atoms with Crippen LogP contribution in [0.4, 0.5) is 10.5 Å². The van der Waals surface area contributed by atoms with Gasteiger partial charge in [0, 0.05) is 27.7 Å². The van der Waals surface area contributed by atoms with Gasteiger partial charge in [-0.05, 0) is 81.1 Å². The molecule has 2 aromatic rings. The number of hydrogen-bond acceptors (Lipinski definition) is 4. The number of carbonyl (C=O) groups is 1. The van der Waals surface area contributed by atoms with Crippen molar-refractivity contribution >= 4 is 27.6 Å². The van der Waals surface area contributed by atoms with Crippen molar-refractivity contribution in [1.82, 2.24) is 10.2 Å². The number of benzene rings is 2. The minimum Gasteiger partial charge on any atom is -0.493 e. The normalized spacial score (nSPS) is 24.7. The summed E-state index contributed by atoms with van der Waals surface area (Å²) in [6.45, 7) is 4.40. The molecule has 0 aromatic heterocycles. The number of anilines is 1. The summed E-state index contributed by atoms with van der Waals surface area (Å²) in [4.78, 5) is 15.3. The van der Waals surface area contributed by atoms with Crippen LogP contribution in [0.5, 0.6) is 11.5 Å². The van der Waals surface area contributed by atoms with Crippen LogP contribution in [0.3, 0.4) is 0 Å². The summed E-state index contributed by atoms with van der Waals surface area (Å²) in [5.41, 5.74) is 2.18. The quantitative estimate of drug-likeness (QED) is 0.506. The molecule has 1 aliphatic heterocycles. The van der Waals surface area contributed by atoms with Crippen LogP contribution in [0.2, 0.25) is 0 Å². The van der Waals surface area contributed by atoms with E-state index in [-0.39, 0.29) is 17.5 Å². The van der Waals surface area contributed by atoms with Gasteiger partial charge in [0.25, 0.3) is 0 Å². The molecular weight excluding hydrogens is 482 g/mol. The molecule has 0 spiro atoms. The summed E-state index contributed by atoms with van der Waals surface area (Å²) in [7, 11) is 3.37. The number of carbonyl (C=O) groups excluding carboxylic acids is 1. The number of fused-ring (bicyclic) bond motifs is 1. The van der Waals surface area contributed by atoms with E-state index in [1.165, 1.54) is 5.56 Å². The van der Waals surface area contributed by atoms with Crippen LogP contribution < -0.4 is 20.1 Å². The molecule has 0 radical (unpaired) electrons. The van der Waals surface area contributed by atoms with Gasteiger partial charge in [-0.25, -0.2) is 4.79 Å². The molecule has 4 rings (SSSR count). The van der Waals surface area contributed by atoms with E-state index in [0.29, 0.717) is 6.04 Å². The Labute approximate surface area is 205 Å². The van der Waals surface area contributed by atoms with Crippen molar-refractivity contribution in [1.29, 1.82) is 0 Å². The fourth-order valence-electron chi connectivity index (χ4n) is 5.73. The zero-order chi connectivity index (χ0) is 23.4. The van der Waals surface area contributed by atoms with E-state index < -0.39 is 0 Å². The number of nitrogens with one attached hydrogen (secondary N) is 2. The van der Waals surface area contributed by atoms with Gasteiger partial charge in [-0.2, -0.15) is 0 Å². The molecular formula is C26H34BrN3O3. The smallest absolute Gasteiger partial charge is 0.319 e. The molecule has 7 heteroatoms. The van der Waals surface area contributed by atoms with E-state index in [0.717, 1.165) is 66.9 Å². The Morgan fingerprint density at radius 3 is 2.70 bits per heavy atom. The molecule has 1 saturated heterocycles. The van der Waals surface area contributed by atoms with Gasteiger partial charge in [0.05, 0.1) is 14.2 Å². The van der Waals surface area contributed by atoms with Crippen molar-refractivity contribution in [3.05, 3.63) is 52.5 Å². The van der Waals surface area contributed by atoms with E-state index in [9.17, 15) is 4.79 Å². The fourth-order valence-corrected chi connectivity index (χ4v) is 6.13. The van der Waals surface area contributed by atoms with E-state index in [4.69, 9.17) is 9.47 Å². The molecule has 1 aliphatic carbocycles. The Bertz CT molecular complexity index is 985. The van der Waals surface area contributed by atoms with Crippen molar-refractivity contribution in [2.45, 2.75) is 56.5 Å². The average molecular weight is 516 g/mol. The Hall–Kier alpha value is -2.25. The molecule has 33 heavy (non-hydrogen) atoms. The first kappa shape index (κ1) is 23.9. The maximum atomic E-state index is 12.7. The Kier molecular flexibility index (Phi) is 7.49. The van der Waals surface area contributed by atoms with Crippen molar-refractivity contribution < 1.29 is 14.3 Å². The lowest BCUT2D eigenvalue weighted by Crippen LogP contribution is -2.53. The largest absolute Gasteiger partial charge is 0.493 e. The van der Waals surface area contributed by atoms with Gasteiger partial charge in [-0.3, -0.25) is 4.90 Å². The van der Waals surface area contributed by atoms with Gasteiger partial charge in [0.1, 0.15) is 0 Å². The predicted molar refractivity (Wildman–Crippen MR) is 135 cm³/mol. The van der Waals surface area contributed by atoms with Crippen LogP contribution in [-0.4, -0.2) is 50.3 Å². The van der Waals surface area contributed by atoms with Crippen molar-refractivity contribution in [2.24, 2.45) is 0 Å². The lowest BCUT2D eigenvalue weighted by Gasteiger charge is -2.45. The number of urea groups is 1. The summed E-state index contributed by atoms with van der Waals surface area (Å²) in [5.74, 6) is 1.54. The third-order valence-corrected chi connectivity index (χ3v) is 7.75. The minimum atomic E-state index is -0.142. The van der Waals surface area contributed by atoms with Crippen LogP contribution in [0.15, 0.2) is 46.9 Å².